The quantitative estimate of drug-likeness (QED) is 0.827. The molecule has 0 saturated carbocycles. The van der Waals surface area contributed by atoms with Crippen LogP contribution in [-0.4, -0.2) is 20.2 Å². The molecule has 6 nitrogen and oxygen atoms in total. The third-order valence-corrected chi connectivity index (χ3v) is 3.59. The number of carbonyl (C=O) groups excluding carboxylic acids is 1. The second kappa shape index (κ2) is 5.09. The average molecular weight is 290 g/mol. The molecule has 104 valence electrons. The first kappa shape index (κ1) is 12.9. The Balaban J connectivity index is 1.62. The molecule has 0 aliphatic carbocycles. The molecule has 2 aromatic rings. The van der Waals surface area contributed by atoms with Crippen molar-refractivity contribution in [1.82, 2.24) is 14.1 Å². The SMILES string of the molecule is Nc1nn(S)c2c1CN(C(=O)OCc1ccccc1)C2. The van der Waals surface area contributed by atoms with Crippen LogP contribution in [0.25, 0.3) is 0 Å². The van der Waals surface area contributed by atoms with Crippen molar-refractivity contribution in [2.45, 2.75) is 19.7 Å². The summed E-state index contributed by atoms with van der Waals surface area (Å²) in [6.07, 6.45) is -0.363. The molecule has 0 radical (unpaired) electrons. The van der Waals surface area contributed by atoms with Gasteiger partial charge < -0.3 is 10.5 Å². The van der Waals surface area contributed by atoms with Crippen LogP contribution in [0.2, 0.25) is 0 Å². The third-order valence-electron chi connectivity index (χ3n) is 3.25. The van der Waals surface area contributed by atoms with E-state index in [1.807, 2.05) is 30.3 Å². The Labute approximate surface area is 121 Å². The first-order valence-electron chi connectivity index (χ1n) is 6.16. The number of hydrogen-bond donors (Lipinski definition) is 2. The molecule has 7 heteroatoms. The number of nitrogens with two attached hydrogens (primary N) is 1. The molecular formula is C13H14N4O2S. The molecule has 1 aromatic carbocycles. The Bertz CT molecular complexity index is 615. The van der Waals surface area contributed by atoms with Gasteiger partial charge in [0, 0.05) is 5.56 Å². The van der Waals surface area contributed by atoms with Gasteiger partial charge in [-0.1, -0.05) is 30.3 Å². The number of nitrogens with zero attached hydrogens (tertiary/aromatic N) is 3. The largest absolute Gasteiger partial charge is 0.445 e. The van der Waals surface area contributed by atoms with Gasteiger partial charge in [-0.25, -0.2) is 8.88 Å². The number of rotatable bonds is 2. The van der Waals surface area contributed by atoms with Gasteiger partial charge in [0.05, 0.1) is 18.8 Å². The van der Waals surface area contributed by atoms with Gasteiger partial charge in [-0.3, -0.25) is 4.90 Å². The minimum Gasteiger partial charge on any atom is -0.445 e. The topological polar surface area (TPSA) is 73.4 Å². The second-order valence-electron chi connectivity index (χ2n) is 4.60. The zero-order valence-corrected chi connectivity index (χ0v) is 11.6. The van der Waals surface area contributed by atoms with Crippen molar-refractivity contribution in [3.8, 4) is 0 Å². The number of fused-ring (bicyclic) bond motifs is 1. The van der Waals surface area contributed by atoms with E-state index >= 15 is 0 Å². The fraction of sp³-hybridized carbons (Fsp3) is 0.231. The highest BCUT2D eigenvalue weighted by molar-refractivity contribution is 7.78. The van der Waals surface area contributed by atoms with Crippen molar-refractivity contribution in [3.05, 3.63) is 47.2 Å². The molecule has 2 heterocycles. The maximum Gasteiger partial charge on any atom is 0.410 e. The Hall–Kier alpha value is -2.15. The molecule has 0 bridgehead atoms. The molecule has 2 N–H and O–H groups in total. The highest BCUT2D eigenvalue weighted by Gasteiger charge is 2.30. The molecule has 20 heavy (non-hydrogen) atoms. The summed E-state index contributed by atoms with van der Waals surface area (Å²) in [4.78, 5) is 13.6. The molecule has 0 spiro atoms. The third kappa shape index (κ3) is 2.32. The van der Waals surface area contributed by atoms with Gasteiger partial charge in [0.1, 0.15) is 6.61 Å². The lowest BCUT2D eigenvalue weighted by Crippen LogP contribution is -2.26. The zero-order chi connectivity index (χ0) is 14.1. The van der Waals surface area contributed by atoms with Crippen LogP contribution in [0.3, 0.4) is 0 Å². The highest BCUT2D eigenvalue weighted by atomic mass is 32.1. The van der Waals surface area contributed by atoms with Gasteiger partial charge in [0.15, 0.2) is 5.82 Å². The van der Waals surface area contributed by atoms with Crippen molar-refractivity contribution >= 4 is 24.7 Å². The molecule has 0 atom stereocenters. The van der Waals surface area contributed by atoms with Crippen LogP contribution in [0.4, 0.5) is 10.6 Å². The van der Waals surface area contributed by atoms with Crippen molar-refractivity contribution in [2.24, 2.45) is 0 Å². The molecule has 0 saturated heterocycles. The van der Waals surface area contributed by atoms with Crippen molar-refractivity contribution in [2.75, 3.05) is 5.73 Å². The summed E-state index contributed by atoms with van der Waals surface area (Å²) in [6, 6.07) is 9.56. The molecule has 1 aliphatic heterocycles. The number of nitrogen functional groups attached to an aromatic ring is 1. The number of amides is 1. The number of anilines is 1. The summed E-state index contributed by atoms with van der Waals surface area (Å²) in [7, 11) is 0. The van der Waals surface area contributed by atoms with E-state index in [4.69, 9.17) is 10.5 Å². The summed E-state index contributed by atoms with van der Waals surface area (Å²) in [5, 5.41) is 4.00. The number of aromatic nitrogens is 2. The smallest absolute Gasteiger partial charge is 0.410 e. The number of carbonyl (C=O) groups is 1. The van der Waals surface area contributed by atoms with E-state index in [9.17, 15) is 4.79 Å². The molecule has 1 aliphatic rings. The molecular weight excluding hydrogens is 276 g/mol. The monoisotopic (exact) mass is 290 g/mol. The maximum absolute atomic E-state index is 12.0. The summed E-state index contributed by atoms with van der Waals surface area (Å²) in [6.45, 7) is 1.08. The number of hydrogen-bond acceptors (Lipinski definition) is 5. The van der Waals surface area contributed by atoms with Crippen LogP contribution >= 0.6 is 12.8 Å². The maximum atomic E-state index is 12.0. The van der Waals surface area contributed by atoms with Crippen molar-refractivity contribution < 1.29 is 9.53 Å². The van der Waals surface area contributed by atoms with Crippen molar-refractivity contribution in [1.29, 1.82) is 0 Å². The molecule has 0 unspecified atom stereocenters. The van der Waals surface area contributed by atoms with Gasteiger partial charge in [0.2, 0.25) is 0 Å². The van der Waals surface area contributed by atoms with Crippen LogP contribution in [0.1, 0.15) is 16.8 Å². The standard InChI is InChI=1S/C13H14N4O2S/c14-12-10-6-16(7-11(10)17(20)15-12)13(18)19-8-9-4-2-1-3-5-9/h1-5,20H,6-8H2,(H2,14,15). The van der Waals surface area contributed by atoms with Gasteiger partial charge >= 0.3 is 6.09 Å². The molecule has 1 aromatic heterocycles. The van der Waals surface area contributed by atoms with Crippen LogP contribution < -0.4 is 5.73 Å². The van der Waals surface area contributed by atoms with E-state index in [2.05, 4.69) is 17.9 Å². The normalized spacial score (nSPS) is 13.3. The molecule has 0 fully saturated rings. The van der Waals surface area contributed by atoms with Crippen LogP contribution in [0, 0.1) is 0 Å². The summed E-state index contributed by atoms with van der Waals surface area (Å²) in [5.74, 6) is 0.411. The van der Waals surface area contributed by atoms with E-state index < -0.39 is 0 Å². The predicted molar refractivity (Wildman–Crippen MR) is 76.9 cm³/mol. The van der Waals surface area contributed by atoms with Crippen LogP contribution in [0.15, 0.2) is 30.3 Å². The second-order valence-corrected chi connectivity index (χ2v) is 4.98. The number of thiol groups is 1. The fourth-order valence-corrected chi connectivity index (χ4v) is 2.47. The van der Waals surface area contributed by atoms with Crippen LogP contribution in [-0.2, 0) is 24.4 Å². The minimum atomic E-state index is -0.363. The van der Waals surface area contributed by atoms with Crippen LogP contribution in [0.5, 0.6) is 0 Å². The van der Waals surface area contributed by atoms with E-state index in [1.165, 1.54) is 4.09 Å². The zero-order valence-electron chi connectivity index (χ0n) is 10.7. The Morgan fingerprint density at radius 2 is 2.10 bits per heavy atom. The van der Waals surface area contributed by atoms with Gasteiger partial charge in [-0.15, -0.1) is 5.10 Å². The fourth-order valence-electron chi connectivity index (χ4n) is 2.19. The Kier molecular flexibility index (Phi) is 3.27. The van der Waals surface area contributed by atoms with Gasteiger partial charge in [0.25, 0.3) is 0 Å². The van der Waals surface area contributed by atoms with E-state index in [1.54, 1.807) is 4.90 Å². The van der Waals surface area contributed by atoms with E-state index in [0.29, 0.717) is 18.9 Å². The average Bonchev–Trinajstić information content (AvgIpc) is 3.00. The van der Waals surface area contributed by atoms with E-state index in [0.717, 1.165) is 16.8 Å². The summed E-state index contributed by atoms with van der Waals surface area (Å²) >= 11 is 4.17. The first-order valence-corrected chi connectivity index (χ1v) is 6.56. The Morgan fingerprint density at radius 3 is 2.80 bits per heavy atom. The summed E-state index contributed by atoms with van der Waals surface area (Å²) in [5.41, 5.74) is 8.40. The van der Waals surface area contributed by atoms with Gasteiger partial charge in [-0.2, -0.15) is 0 Å². The number of benzene rings is 1. The first-order chi connectivity index (χ1) is 9.65. The van der Waals surface area contributed by atoms with E-state index in [-0.39, 0.29) is 12.7 Å². The predicted octanol–water partition coefficient (Wildman–Crippen LogP) is 1.81. The highest BCUT2D eigenvalue weighted by Crippen LogP contribution is 2.28. The number of ether oxygens (including phenoxy) is 1. The minimum absolute atomic E-state index is 0.259. The lowest BCUT2D eigenvalue weighted by Gasteiger charge is -2.15. The van der Waals surface area contributed by atoms with Crippen molar-refractivity contribution in [3.63, 3.8) is 0 Å². The molecule has 3 rings (SSSR count). The summed E-state index contributed by atoms with van der Waals surface area (Å²) < 4.78 is 6.70. The van der Waals surface area contributed by atoms with Gasteiger partial charge in [-0.05, 0) is 18.4 Å². The Morgan fingerprint density at radius 1 is 1.35 bits per heavy atom. The lowest BCUT2D eigenvalue weighted by molar-refractivity contribution is 0.0951. The molecule has 1 amide bonds. The lowest BCUT2D eigenvalue weighted by atomic mass is 10.2.